The third-order valence-electron chi connectivity index (χ3n) is 2.54. The molecule has 14 heavy (non-hydrogen) atoms. The number of nitrogens with zero attached hydrogens (tertiary/aromatic N) is 3. The monoisotopic (exact) mass is 195 g/mol. The second kappa shape index (κ2) is 4.11. The van der Waals surface area contributed by atoms with Gasteiger partial charge in [0.1, 0.15) is 0 Å². The van der Waals surface area contributed by atoms with Gasteiger partial charge in [0.05, 0.1) is 25.6 Å². The second-order valence-corrected chi connectivity index (χ2v) is 3.80. The zero-order valence-electron chi connectivity index (χ0n) is 8.86. The van der Waals surface area contributed by atoms with E-state index in [9.17, 15) is 0 Å². The molecule has 2 heterocycles. The van der Waals surface area contributed by atoms with E-state index >= 15 is 0 Å². The van der Waals surface area contributed by atoms with Gasteiger partial charge in [0.2, 0.25) is 0 Å². The Kier molecular flexibility index (Phi) is 2.84. The van der Waals surface area contributed by atoms with Gasteiger partial charge >= 0.3 is 0 Å². The van der Waals surface area contributed by atoms with Gasteiger partial charge in [-0.3, -0.25) is 9.58 Å². The maximum absolute atomic E-state index is 5.30. The molecule has 1 aliphatic heterocycles. The Hall–Kier alpha value is -0.870. The van der Waals surface area contributed by atoms with E-state index < -0.39 is 0 Å². The highest BCUT2D eigenvalue weighted by molar-refractivity contribution is 5.06. The van der Waals surface area contributed by atoms with Crippen molar-refractivity contribution < 1.29 is 4.74 Å². The van der Waals surface area contributed by atoms with Crippen LogP contribution >= 0.6 is 0 Å². The first-order chi connectivity index (χ1) is 6.75. The lowest BCUT2D eigenvalue weighted by atomic mass is 10.4. The molecule has 0 saturated carbocycles. The standard InChI is InChI=1S/C10H17N3O/c1-9-7-10(2)13(11-9)8-12-3-5-14-6-4-12/h7H,3-6,8H2,1-2H3. The molecule has 2 rings (SSSR count). The molecule has 1 aromatic rings. The van der Waals surface area contributed by atoms with E-state index in [2.05, 4.69) is 27.7 Å². The van der Waals surface area contributed by atoms with Crippen molar-refractivity contribution in [3.8, 4) is 0 Å². The van der Waals surface area contributed by atoms with Crippen molar-refractivity contribution in [2.45, 2.75) is 20.5 Å². The minimum absolute atomic E-state index is 0.847. The number of hydrogen-bond acceptors (Lipinski definition) is 3. The van der Waals surface area contributed by atoms with Crippen molar-refractivity contribution >= 4 is 0 Å². The quantitative estimate of drug-likeness (QED) is 0.699. The Balaban J connectivity index is 1.98. The highest BCUT2D eigenvalue weighted by Crippen LogP contribution is 2.05. The molecule has 1 aliphatic rings. The average Bonchev–Trinajstić information content (AvgIpc) is 2.47. The third kappa shape index (κ3) is 2.13. The molecule has 4 heteroatoms. The summed E-state index contributed by atoms with van der Waals surface area (Å²) in [6, 6.07) is 2.11. The number of ether oxygens (including phenoxy) is 1. The molecule has 78 valence electrons. The first-order valence-corrected chi connectivity index (χ1v) is 5.07. The topological polar surface area (TPSA) is 30.3 Å². The Bertz CT molecular complexity index is 302. The zero-order valence-corrected chi connectivity index (χ0v) is 8.86. The van der Waals surface area contributed by atoms with E-state index in [1.54, 1.807) is 0 Å². The molecule has 0 aliphatic carbocycles. The van der Waals surface area contributed by atoms with Crippen LogP contribution in [0.3, 0.4) is 0 Å². The van der Waals surface area contributed by atoms with Crippen molar-refractivity contribution in [2.75, 3.05) is 26.3 Å². The van der Waals surface area contributed by atoms with Crippen LogP contribution in [0, 0.1) is 13.8 Å². The van der Waals surface area contributed by atoms with Crippen molar-refractivity contribution in [1.82, 2.24) is 14.7 Å². The van der Waals surface area contributed by atoms with Gasteiger partial charge in [-0.1, -0.05) is 0 Å². The van der Waals surface area contributed by atoms with Crippen LogP contribution in [0.5, 0.6) is 0 Å². The maximum atomic E-state index is 5.30. The van der Waals surface area contributed by atoms with E-state index in [1.807, 2.05) is 6.92 Å². The summed E-state index contributed by atoms with van der Waals surface area (Å²) in [5.41, 5.74) is 2.32. The molecule has 4 nitrogen and oxygen atoms in total. The van der Waals surface area contributed by atoms with Crippen LogP contribution in [-0.2, 0) is 11.4 Å². The Morgan fingerprint density at radius 2 is 2.07 bits per heavy atom. The molecular weight excluding hydrogens is 178 g/mol. The summed E-state index contributed by atoms with van der Waals surface area (Å²) in [5.74, 6) is 0. The molecule has 0 amide bonds. The SMILES string of the molecule is Cc1cc(C)n(CN2CCOCC2)n1. The third-order valence-corrected chi connectivity index (χ3v) is 2.54. The van der Waals surface area contributed by atoms with Crippen LogP contribution < -0.4 is 0 Å². The van der Waals surface area contributed by atoms with Crippen molar-refractivity contribution in [3.63, 3.8) is 0 Å². The predicted molar refractivity (Wildman–Crippen MR) is 54.1 cm³/mol. The minimum Gasteiger partial charge on any atom is -0.379 e. The van der Waals surface area contributed by atoms with Crippen LogP contribution in [-0.4, -0.2) is 41.0 Å². The Morgan fingerprint density at radius 1 is 1.36 bits per heavy atom. The number of aromatic nitrogens is 2. The van der Waals surface area contributed by atoms with Crippen molar-refractivity contribution in [2.24, 2.45) is 0 Å². The summed E-state index contributed by atoms with van der Waals surface area (Å²) in [4.78, 5) is 2.36. The highest BCUT2D eigenvalue weighted by Gasteiger charge is 2.11. The van der Waals surface area contributed by atoms with E-state index in [0.29, 0.717) is 0 Å². The number of hydrogen-bond donors (Lipinski definition) is 0. The first-order valence-electron chi connectivity index (χ1n) is 5.07. The average molecular weight is 195 g/mol. The van der Waals surface area contributed by atoms with Crippen LogP contribution in [0.1, 0.15) is 11.4 Å². The Labute approximate surface area is 84.5 Å². The molecule has 0 bridgehead atoms. The van der Waals surface area contributed by atoms with E-state index in [1.165, 1.54) is 5.69 Å². The highest BCUT2D eigenvalue weighted by atomic mass is 16.5. The zero-order chi connectivity index (χ0) is 9.97. The number of rotatable bonds is 2. The minimum atomic E-state index is 0.847. The molecule has 0 atom stereocenters. The fourth-order valence-electron chi connectivity index (χ4n) is 1.75. The maximum Gasteiger partial charge on any atom is 0.0933 e. The molecule has 0 spiro atoms. The summed E-state index contributed by atoms with van der Waals surface area (Å²) in [6.45, 7) is 8.74. The summed E-state index contributed by atoms with van der Waals surface area (Å²) in [5, 5.41) is 4.44. The summed E-state index contributed by atoms with van der Waals surface area (Å²) < 4.78 is 7.36. The predicted octanol–water partition coefficient (Wildman–Crippen LogP) is 0.790. The summed E-state index contributed by atoms with van der Waals surface area (Å²) in [6.07, 6.45) is 0. The van der Waals surface area contributed by atoms with E-state index in [4.69, 9.17) is 4.74 Å². The molecule has 0 unspecified atom stereocenters. The van der Waals surface area contributed by atoms with Gasteiger partial charge in [-0.2, -0.15) is 5.10 Å². The van der Waals surface area contributed by atoms with Gasteiger partial charge in [0, 0.05) is 18.8 Å². The van der Waals surface area contributed by atoms with Crippen LogP contribution in [0.2, 0.25) is 0 Å². The van der Waals surface area contributed by atoms with Gasteiger partial charge in [-0.25, -0.2) is 0 Å². The van der Waals surface area contributed by atoms with Crippen LogP contribution in [0.4, 0.5) is 0 Å². The second-order valence-electron chi connectivity index (χ2n) is 3.80. The molecule has 1 aromatic heterocycles. The molecule has 1 saturated heterocycles. The number of aryl methyl sites for hydroxylation is 2. The number of morpholine rings is 1. The van der Waals surface area contributed by atoms with Gasteiger partial charge in [-0.05, 0) is 19.9 Å². The van der Waals surface area contributed by atoms with Gasteiger partial charge in [-0.15, -0.1) is 0 Å². The molecule has 0 aromatic carbocycles. The molecule has 1 fully saturated rings. The van der Waals surface area contributed by atoms with Crippen molar-refractivity contribution in [3.05, 3.63) is 17.5 Å². The molecule has 0 N–H and O–H groups in total. The fraction of sp³-hybridized carbons (Fsp3) is 0.700. The van der Waals surface area contributed by atoms with Crippen LogP contribution in [0.15, 0.2) is 6.07 Å². The lowest BCUT2D eigenvalue weighted by Crippen LogP contribution is -2.37. The Morgan fingerprint density at radius 3 is 2.64 bits per heavy atom. The van der Waals surface area contributed by atoms with Crippen molar-refractivity contribution in [1.29, 1.82) is 0 Å². The van der Waals surface area contributed by atoms with E-state index in [0.717, 1.165) is 38.7 Å². The lowest BCUT2D eigenvalue weighted by molar-refractivity contribution is 0.0209. The smallest absolute Gasteiger partial charge is 0.0933 e. The molecule has 0 radical (unpaired) electrons. The fourth-order valence-corrected chi connectivity index (χ4v) is 1.75. The lowest BCUT2D eigenvalue weighted by Gasteiger charge is -2.26. The first kappa shape index (κ1) is 9.68. The normalized spacial score (nSPS) is 18.7. The van der Waals surface area contributed by atoms with E-state index in [-0.39, 0.29) is 0 Å². The molecular formula is C10H17N3O. The van der Waals surface area contributed by atoms with Gasteiger partial charge in [0.25, 0.3) is 0 Å². The largest absolute Gasteiger partial charge is 0.379 e. The van der Waals surface area contributed by atoms with Crippen LogP contribution in [0.25, 0.3) is 0 Å². The summed E-state index contributed by atoms with van der Waals surface area (Å²) in [7, 11) is 0. The summed E-state index contributed by atoms with van der Waals surface area (Å²) >= 11 is 0. The van der Waals surface area contributed by atoms with Gasteiger partial charge in [0.15, 0.2) is 0 Å². The van der Waals surface area contributed by atoms with Gasteiger partial charge < -0.3 is 4.74 Å².